The van der Waals surface area contributed by atoms with Crippen LogP contribution in [0, 0.1) is 19.3 Å². The minimum atomic E-state index is -0.160. The van der Waals surface area contributed by atoms with E-state index in [1.54, 1.807) is 6.92 Å². The van der Waals surface area contributed by atoms with Crippen molar-refractivity contribution >= 4 is 5.91 Å². The first-order valence-corrected chi connectivity index (χ1v) is 4.42. The normalized spacial score (nSPS) is 9.60. The van der Waals surface area contributed by atoms with E-state index in [0.29, 0.717) is 18.3 Å². The Balaban J connectivity index is 2.20. The zero-order valence-electron chi connectivity index (χ0n) is 8.41. The molecule has 0 radical (unpaired) electrons. The van der Waals surface area contributed by atoms with Crippen LogP contribution in [-0.2, 0) is 11.3 Å². The van der Waals surface area contributed by atoms with Crippen molar-refractivity contribution < 1.29 is 9.32 Å². The van der Waals surface area contributed by atoms with E-state index in [1.165, 1.54) is 0 Å². The van der Waals surface area contributed by atoms with Crippen LogP contribution in [0.3, 0.4) is 0 Å². The second kappa shape index (κ2) is 5.78. The third-order valence-corrected chi connectivity index (χ3v) is 1.53. The number of carbonyl (C=O) groups is 1. The van der Waals surface area contributed by atoms with Gasteiger partial charge >= 0.3 is 0 Å². The largest absolute Gasteiger partial charge is 0.348 e. The van der Waals surface area contributed by atoms with Gasteiger partial charge in [-0.1, -0.05) is 11.1 Å². The zero-order valence-corrected chi connectivity index (χ0v) is 8.41. The Bertz CT molecular complexity index is 366. The Kier molecular flexibility index (Phi) is 4.31. The van der Waals surface area contributed by atoms with Crippen LogP contribution in [0.15, 0.2) is 4.52 Å². The fourth-order valence-electron chi connectivity index (χ4n) is 0.901. The fourth-order valence-corrected chi connectivity index (χ4v) is 0.901. The highest BCUT2D eigenvalue weighted by Gasteiger charge is 2.04. The van der Waals surface area contributed by atoms with Gasteiger partial charge in [-0.25, -0.2) is 0 Å². The van der Waals surface area contributed by atoms with Crippen LogP contribution < -0.4 is 10.6 Å². The summed E-state index contributed by atoms with van der Waals surface area (Å²) in [6.07, 6.45) is 5.01. The van der Waals surface area contributed by atoms with Crippen LogP contribution in [0.5, 0.6) is 0 Å². The van der Waals surface area contributed by atoms with Crippen LogP contribution in [0.1, 0.15) is 11.7 Å². The minimum absolute atomic E-state index is 0.160. The molecule has 1 aromatic heterocycles. The summed E-state index contributed by atoms with van der Waals surface area (Å²) in [5, 5.41) is 9.01. The number of carbonyl (C=O) groups excluding carboxylic acids is 1. The van der Waals surface area contributed by atoms with Gasteiger partial charge in [0.25, 0.3) is 0 Å². The highest BCUT2D eigenvalue weighted by molar-refractivity contribution is 5.77. The molecule has 0 aliphatic carbocycles. The van der Waals surface area contributed by atoms with Crippen molar-refractivity contribution in [1.82, 2.24) is 20.8 Å². The maximum atomic E-state index is 11.2. The molecule has 6 nitrogen and oxygen atoms in total. The molecule has 0 aliphatic rings. The van der Waals surface area contributed by atoms with Crippen LogP contribution in [0.4, 0.5) is 0 Å². The maximum absolute atomic E-state index is 11.2. The Morgan fingerprint density at radius 3 is 3.07 bits per heavy atom. The van der Waals surface area contributed by atoms with Gasteiger partial charge < -0.3 is 9.84 Å². The Morgan fingerprint density at radius 1 is 1.67 bits per heavy atom. The molecule has 0 atom stereocenters. The van der Waals surface area contributed by atoms with Crippen molar-refractivity contribution in [3.8, 4) is 12.3 Å². The summed E-state index contributed by atoms with van der Waals surface area (Å²) in [5.41, 5.74) is 0. The molecule has 0 aliphatic heterocycles. The number of nitrogens with zero attached hydrogens (tertiary/aromatic N) is 2. The summed E-state index contributed by atoms with van der Waals surface area (Å²) in [4.78, 5) is 15.1. The maximum Gasteiger partial charge on any atom is 0.234 e. The van der Waals surface area contributed by atoms with Gasteiger partial charge in [0, 0.05) is 6.92 Å². The van der Waals surface area contributed by atoms with Gasteiger partial charge in [0.15, 0.2) is 5.82 Å². The van der Waals surface area contributed by atoms with Gasteiger partial charge in [-0.05, 0) is 0 Å². The molecule has 0 saturated heterocycles. The highest BCUT2D eigenvalue weighted by Crippen LogP contribution is 1.93. The Morgan fingerprint density at radius 2 is 2.47 bits per heavy atom. The molecule has 1 aromatic rings. The average Bonchev–Trinajstić information content (AvgIpc) is 2.62. The topological polar surface area (TPSA) is 80.0 Å². The van der Waals surface area contributed by atoms with E-state index >= 15 is 0 Å². The molecule has 2 N–H and O–H groups in total. The molecule has 0 spiro atoms. The zero-order chi connectivity index (χ0) is 11.1. The van der Waals surface area contributed by atoms with E-state index in [-0.39, 0.29) is 19.0 Å². The molecular formula is C9H12N4O2. The third kappa shape index (κ3) is 4.24. The predicted molar refractivity (Wildman–Crippen MR) is 52.6 cm³/mol. The quantitative estimate of drug-likeness (QED) is 0.490. The molecular weight excluding hydrogens is 196 g/mol. The molecule has 80 valence electrons. The second-order valence-electron chi connectivity index (χ2n) is 2.81. The van der Waals surface area contributed by atoms with Crippen LogP contribution in [0.25, 0.3) is 0 Å². The van der Waals surface area contributed by atoms with Crippen molar-refractivity contribution in [2.75, 3.05) is 13.1 Å². The third-order valence-electron chi connectivity index (χ3n) is 1.53. The molecule has 15 heavy (non-hydrogen) atoms. The van der Waals surface area contributed by atoms with Crippen molar-refractivity contribution in [2.24, 2.45) is 0 Å². The SMILES string of the molecule is C#CCNCC(=O)NCc1noc(C)n1. The Hall–Kier alpha value is -1.87. The van der Waals surface area contributed by atoms with Gasteiger partial charge in [0.05, 0.1) is 19.6 Å². The number of hydrogen-bond acceptors (Lipinski definition) is 5. The van der Waals surface area contributed by atoms with Crippen LogP contribution in [0.2, 0.25) is 0 Å². The van der Waals surface area contributed by atoms with Crippen LogP contribution in [-0.4, -0.2) is 29.1 Å². The molecule has 1 amide bonds. The first-order valence-electron chi connectivity index (χ1n) is 4.42. The summed E-state index contributed by atoms with van der Waals surface area (Å²) < 4.78 is 4.74. The number of terminal acetylenes is 1. The molecule has 0 aromatic carbocycles. The lowest BCUT2D eigenvalue weighted by molar-refractivity contribution is -0.120. The van der Waals surface area contributed by atoms with Gasteiger partial charge in [-0.2, -0.15) is 4.98 Å². The summed E-state index contributed by atoms with van der Waals surface area (Å²) in [7, 11) is 0. The first-order chi connectivity index (χ1) is 7.22. The average molecular weight is 208 g/mol. The summed E-state index contributed by atoms with van der Waals surface area (Å²) in [6, 6.07) is 0. The van der Waals surface area contributed by atoms with Gasteiger partial charge in [-0.15, -0.1) is 6.42 Å². The van der Waals surface area contributed by atoms with E-state index in [1.807, 2.05) is 0 Å². The fraction of sp³-hybridized carbons (Fsp3) is 0.444. The lowest BCUT2D eigenvalue weighted by atomic mass is 10.5. The smallest absolute Gasteiger partial charge is 0.234 e. The second-order valence-corrected chi connectivity index (χ2v) is 2.81. The lowest BCUT2D eigenvalue weighted by Crippen LogP contribution is -2.33. The van der Waals surface area contributed by atoms with E-state index in [2.05, 4.69) is 26.7 Å². The molecule has 6 heteroatoms. The highest BCUT2D eigenvalue weighted by atomic mass is 16.5. The molecule has 0 fully saturated rings. The molecule has 1 rings (SSSR count). The van der Waals surface area contributed by atoms with Crippen molar-refractivity contribution in [1.29, 1.82) is 0 Å². The van der Waals surface area contributed by atoms with E-state index in [0.717, 1.165) is 0 Å². The van der Waals surface area contributed by atoms with Gasteiger partial charge in [-0.3, -0.25) is 10.1 Å². The van der Waals surface area contributed by atoms with Crippen molar-refractivity contribution in [2.45, 2.75) is 13.5 Å². The number of rotatable bonds is 5. The lowest BCUT2D eigenvalue weighted by Gasteiger charge is -2.01. The first kappa shape index (κ1) is 11.2. The summed E-state index contributed by atoms with van der Waals surface area (Å²) in [6.45, 7) is 2.50. The van der Waals surface area contributed by atoms with E-state index in [9.17, 15) is 4.79 Å². The van der Waals surface area contributed by atoms with Crippen LogP contribution >= 0.6 is 0 Å². The van der Waals surface area contributed by atoms with Gasteiger partial charge in [0.1, 0.15) is 0 Å². The molecule has 0 bridgehead atoms. The number of amides is 1. The molecule has 0 unspecified atom stereocenters. The molecule has 0 saturated carbocycles. The minimum Gasteiger partial charge on any atom is -0.348 e. The molecule has 1 heterocycles. The van der Waals surface area contributed by atoms with E-state index < -0.39 is 0 Å². The summed E-state index contributed by atoms with van der Waals surface area (Å²) in [5.74, 6) is 3.14. The predicted octanol–water partition coefficient (Wildman–Crippen LogP) is -0.783. The number of nitrogens with one attached hydrogen (secondary N) is 2. The van der Waals surface area contributed by atoms with Crippen molar-refractivity contribution in [3.05, 3.63) is 11.7 Å². The number of aryl methyl sites for hydroxylation is 1. The van der Waals surface area contributed by atoms with Gasteiger partial charge in [0.2, 0.25) is 11.8 Å². The standard InChI is InChI=1S/C9H12N4O2/c1-3-4-10-6-9(14)11-5-8-12-7(2)15-13-8/h1,10H,4-6H2,2H3,(H,11,14). The monoisotopic (exact) mass is 208 g/mol. The summed E-state index contributed by atoms with van der Waals surface area (Å²) >= 11 is 0. The Labute approximate surface area is 87.4 Å². The number of hydrogen-bond donors (Lipinski definition) is 2. The number of aromatic nitrogens is 2. The van der Waals surface area contributed by atoms with Crippen molar-refractivity contribution in [3.63, 3.8) is 0 Å². The van der Waals surface area contributed by atoms with E-state index in [4.69, 9.17) is 10.9 Å².